The van der Waals surface area contributed by atoms with Gasteiger partial charge in [-0.2, -0.15) is 0 Å². The van der Waals surface area contributed by atoms with Gasteiger partial charge in [-0.1, -0.05) is 39.0 Å². The molecule has 1 nitrogen and oxygen atoms in total. The lowest BCUT2D eigenvalue weighted by Crippen LogP contribution is -2.56. The van der Waals surface area contributed by atoms with Gasteiger partial charge in [0.05, 0.1) is 0 Å². The highest BCUT2D eigenvalue weighted by Crippen LogP contribution is 2.55. The predicted molar refractivity (Wildman–Crippen MR) is 69.6 cm³/mol. The van der Waals surface area contributed by atoms with Gasteiger partial charge in [0.2, 0.25) is 0 Å². The molecule has 0 aliphatic heterocycles. The quantitative estimate of drug-likeness (QED) is 0.839. The van der Waals surface area contributed by atoms with Crippen LogP contribution in [0.25, 0.3) is 0 Å². The lowest BCUT2D eigenvalue weighted by Gasteiger charge is -2.55. The van der Waals surface area contributed by atoms with Gasteiger partial charge < -0.3 is 5.32 Å². The van der Waals surface area contributed by atoms with E-state index in [9.17, 15) is 4.39 Å². The van der Waals surface area contributed by atoms with Crippen LogP contribution in [0.1, 0.15) is 45.1 Å². The fraction of sp³-hybridized carbons (Fsp3) is 0.600. The second-order valence-corrected chi connectivity index (χ2v) is 5.28. The van der Waals surface area contributed by atoms with Crippen molar-refractivity contribution in [1.29, 1.82) is 0 Å². The Morgan fingerprint density at radius 3 is 2.65 bits per heavy atom. The molecule has 17 heavy (non-hydrogen) atoms. The highest BCUT2D eigenvalue weighted by Gasteiger charge is 2.50. The third-order valence-corrected chi connectivity index (χ3v) is 4.56. The predicted octanol–water partition coefficient (Wildman–Crippen LogP) is 3.71. The Morgan fingerprint density at radius 2 is 2.06 bits per heavy atom. The van der Waals surface area contributed by atoms with Gasteiger partial charge in [0.15, 0.2) is 0 Å². The number of hydrogen-bond acceptors (Lipinski definition) is 1. The number of rotatable bonds is 4. The number of hydrogen-bond donors (Lipinski definition) is 1. The average molecular weight is 235 g/mol. The van der Waals surface area contributed by atoms with Crippen LogP contribution < -0.4 is 5.32 Å². The lowest BCUT2D eigenvalue weighted by molar-refractivity contribution is 0.0435. The Bertz CT molecular complexity index is 390. The molecule has 1 fully saturated rings. The number of benzene rings is 1. The smallest absolute Gasteiger partial charge is 0.126 e. The van der Waals surface area contributed by atoms with Gasteiger partial charge in [0.25, 0.3) is 0 Å². The van der Waals surface area contributed by atoms with Gasteiger partial charge >= 0.3 is 0 Å². The van der Waals surface area contributed by atoms with E-state index in [0.717, 1.165) is 24.9 Å². The Morgan fingerprint density at radius 1 is 1.35 bits per heavy atom. The molecule has 2 heteroatoms. The molecular weight excluding hydrogens is 213 g/mol. The Hall–Kier alpha value is -0.890. The van der Waals surface area contributed by atoms with Crippen molar-refractivity contribution in [3.8, 4) is 0 Å². The molecule has 94 valence electrons. The third-order valence-electron chi connectivity index (χ3n) is 4.56. The Balaban J connectivity index is 2.22. The molecule has 1 saturated carbocycles. The molecule has 1 aliphatic rings. The third kappa shape index (κ3) is 1.99. The van der Waals surface area contributed by atoms with Crippen LogP contribution in [0.2, 0.25) is 0 Å². The molecule has 0 aromatic heterocycles. The zero-order valence-corrected chi connectivity index (χ0v) is 11.0. The fourth-order valence-corrected chi connectivity index (χ4v) is 3.15. The number of nitrogens with one attached hydrogen (secondary N) is 1. The molecule has 1 aromatic rings. The van der Waals surface area contributed by atoms with Crippen molar-refractivity contribution in [2.45, 2.75) is 45.6 Å². The van der Waals surface area contributed by atoms with Crippen molar-refractivity contribution in [2.24, 2.45) is 5.41 Å². The SMILES string of the molecule is CCNC1CC(c2ccccc2F)C1(C)CC. The maximum Gasteiger partial charge on any atom is 0.126 e. The first kappa shape index (κ1) is 12.6. The summed E-state index contributed by atoms with van der Waals surface area (Å²) in [4.78, 5) is 0. The first-order valence-corrected chi connectivity index (χ1v) is 6.61. The highest BCUT2D eigenvalue weighted by atomic mass is 19.1. The summed E-state index contributed by atoms with van der Waals surface area (Å²) >= 11 is 0. The van der Waals surface area contributed by atoms with Gasteiger partial charge in [0.1, 0.15) is 5.82 Å². The monoisotopic (exact) mass is 235 g/mol. The Kier molecular flexibility index (Phi) is 3.53. The van der Waals surface area contributed by atoms with E-state index in [2.05, 4.69) is 26.1 Å². The summed E-state index contributed by atoms with van der Waals surface area (Å²) in [5.74, 6) is 0.310. The van der Waals surface area contributed by atoms with E-state index in [0.29, 0.717) is 12.0 Å². The summed E-state index contributed by atoms with van der Waals surface area (Å²) in [5, 5.41) is 3.52. The van der Waals surface area contributed by atoms with E-state index < -0.39 is 0 Å². The summed E-state index contributed by atoms with van der Waals surface area (Å²) in [6.45, 7) is 7.61. The van der Waals surface area contributed by atoms with Crippen molar-refractivity contribution < 1.29 is 4.39 Å². The molecular formula is C15H22FN. The molecule has 0 spiro atoms. The minimum atomic E-state index is -0.0490. The van der Waals surface area contributed by atoms with Crippen LogP contribution in [0.3, 0.4) is 0 Å². The van der Waals surface area contributed by atoms with Gasteiger partial charge in [-0.05, 0) is 42.3 Å². The molecule has 1 N–H and O–H groups in total. The van der Waals surface area contributed by atoms with Gasteiger partial charge in [-0.3, -0.25) is 0 Å². The molecule has 3 atom stereocenters. The van der Waals surface area contributed by atoms with E-state index in [1.807, 2.05) is 12.1 Å². The second-order valence-electron chi connectivity index (χ2n) is 5.28. The maximum atomic E-state index is 13.8. The van der Waals surface area contributed by atoms with E-state index in [1.54, 1.807) is 12.1 Å². The molecule has 2 rings (SSSR count). The van der Waals surface area contributed by atoms with Crippen molar-refractivity contribution in [3.05, 3.63) is 35.6 Å². The standard InChI is InChI=1S/C15H22FN/c1-4-15(3)12(10-14(15)17-5-2)11-8-6-7-9-13(11)16/h6-9,12,14,17H,4-5,10H2,1-3H3. The van der Waals surface area contributed by atoms with Crippen molar-refractivity contribution in [3.63, 3.8) is 0 Å². The average Bonchev–Trinajstić information content (AvgIpc) is 2.34. The van der Waals surface area contributed by atoms with E-state index >= 15 is 0 Å². The van der Waals surface area contributed by atoms with Crippen LogP contribution in [-0.4, -0.2) is 12.6 Å². The fourth-order valence-electron chi connectivity index (χ4n) is 3.15. The van der Waals surface area contributed by atoms with E-state index in [4.69, 9.17) is 0 Å². The molecule has 0 bridgehead atoms. The van der Waals surface area contributed by atoms with Crippen LogP contribution in [0.4, 0.5) is 4.39 Å². The Labute approximate surface area is 103 Å². The summed E-state index contributed by atoms with van der Waals surface area (Å²) in [6, 6.07) is 7.75. The van der Waals surface area contributed by atoms with Crippen LogP contribution >= 0.6 is 0 Å². The van der Waals surface area contributed by atoms with Gasteiger partial charge in [0, 0.05) is 6.04 Å². The molecule has 0 amide bonds. The normalized spacial score (nSPS) is 32.2. The van der Waals surface area contributed by atoms with E-state index in [1.165, 1.54) is 0 Å². The molecule has 0 saturated heterocycles. The molecule has 1 aliphatic carbocycles. The van der Waals surface area contributed by atoms with Crippen LogP contribution in [0, 0.1) is 11.2 Å². The molecule has 0 heterocycles. The minimum Gasteiger partial charge on any atom is -0.314 e. The molecule has 3 unspecified atom stereocenters. The topological polar surface area (TPSA) is 12.0 Å². The maximum absolute atomic E-state index is 13.8. The van der Waals surface area contributed by atoms with E-state index in [-0.39, 0.29) is 11.2 Å². The zero-order chi connectivity index (χ0) is 12.5. The van der Waals surface area contributed by atoms with Crippen molar-refractivity contribution in [1.82, 2.24) is 5.32 Å². The lowest BCUT2D eigenvalue weighted by atomic mass is 9.54. The largest absolute Gasteiger partial charge is 0.314 e. The summed E-state index contributed by atoms with van der Waals surface area (Å²) in [5.41, 5.74) is 1.09. The van der Waals surface area contributed by atoms with Crippen molar-refractivity contribution >= 4 is 0 Å². The minimum absolute atomic E-state index is 0.0490. The van der Waals surface area contributed by atoms with Gasteiger partial charge in [-0.15, -0.1) is 0 Å². The first-order valence-electron chi connectivity index (χ1n) is 6.61. The summed E-state index contributed by atoms with van der Waals surface area (Å²) in [6.07, 6.45) is 2.14. The first-order chi connectivity index (χ1) is 8.13. The molecule has 1 aromatic carbocycles. The van der Waals surface area contributed by atoms with Gasteiger partial charge in [-0.25, -0.2) is 4.39 Å². The van der Waals surface area contributed by atoms with Crippen LogP contribution in [0.5, 0.6) is 0 Å². The van der Waals surface area contributed by atoms with Crippen molar-refractivity contribution in [2.75, 3.05) is 6.54 Å². The highest BCUT2D eigenvalue weighted by molar-refractivity contribution is 5.29. The summed E-state index contributed by atoms with van der Waals surface area (Å²) < 4.78 is 13.8. The van der Waals surface area contributed by atoms with Crippen LogP contribution in [-0.2, 0) is 0 Å². The number of halogens is 1. The molecule has 0 radical (unpaired) electrons. The van der Waals surface area contributed by atoms with Crippen LogP contribution in [0.15, 0.2) is 24.3 Å². The second kappa shape index (κ2) is 4.77. The zero-order valence-electron chi connectivity index (χ0n) is 11.0. The summed E-state index contributed by atoms with van der Waals surface area (Å²) in [7, 11) is 0.